The molecule has 9 N–H and O–H groups in total. The third kappa shape index (κ3) is 7.32. The summed E-state index contributed by atoms with van der Waals surface area (Å²) in [5.74, 6) is -55.7. The summed E-state index contributed by atoms with van der Waals surface area (Å²) in [6.07, 6.45) is -32.3. The van der Waals surface area contributed by atoms with Gasteiger partial charge >= 0.3 is 47.8 Å². The lowest BCUT2D eigenvalue weighted by Gasteiger charge is -2.43. The van der Waals surface area contributed by atoms with Crippen LogP contribution in [0.2, 0.25) is 0 Å². The van der Waals surface area contributed by atoms with Crippen LogP contribution in [0.25, 0.3) is 0 Å². The molecule has 12 nitrogen and oxygen atoms in total. The van der Waals surface area contributed by atoms with Gasteiger partial charge in [0.05, 0.1) is 13.2 Å². The van der Waals surface area contributed by atoms with E-state index in [1.807, 2.05) is 0 Å². The number of ether oxygens (including phenoxy) is 2. The van der Waals surface area contributed by atoms with Crippen molar-refractivity contribution in [2.24, 2.45) is 0 Å². The van der Waals surface area contributed by atoms with Gasteiger partial charge < -0.3 is 50.3 Å². The second-order valence-corrected chi connectivity index (χ2v) is 9.99. The molecule has 0 radical (unpaired) electrons. The van der Waals surface area contributed by atoms with Gasteiger partial charge in [-0.15, -0.1) is 0 Å². The zero-order valence-electron chi connectivity index (χ0n) is 22.8. The molecule has 1 heterocycles. The molecule has 1 fully saturated rings. The van der Waals surface area contributed by atoms with Crippen molar-refractivity contribution in [3.63, 3.8) is 0 Å². The van der Waals surface area contributed by atoms with Crippen LogP contribution in [0, 0.1) is 0 Å². The van der Waals surface area contributed by atoms with E-state index < -0.39 is 127 Å². The number of hydrogen-bond acceptors (Lipinski definition) is 11. The lowest BCUT2D eigenvalue weighted by Crippen LogP contribution is -2.76. The number of aliphatic hydroxyl groups excluding tert-OH is 8. The van der Waals surface area contributed by atoms with Crippen molar-refractivity contribution in [3.8, 4) is 0 Å². The fourth-order valence-corrected chi connectivity index (χ4v) is 3.64. The van der Waals surface area contributed by atoms with Gasteiger partial charge in [-0.1, -0.05) is 0 Å². The highest BCUT2D eigenvalue weighted by Gasteiger charge is 2.95. The second-order valence-electron chi connectivity index (χ2n) is 9.99. The Morgan fingerprint density at radius 1 is 0.653 bits per heavy atom. The first-order valence-corrected chi connectivity index (χ1v) is 12.2. The Hall–Kier alpha value is -2.12. The average Bonchev–Trinajstić information content (AvgIpc) is 2.96. The Kier molecular flexibility index (Phi) is 12.9. The van der Waals surface area contributed by atoms with E-state index in [-0.39, 0.29) is 0 Å². The molecule has 0 aromatic heterocycles. The lowest BCUT2D eigenvalue weighted by atomic mass is 9.90. The molecule has 1 rings (SSSR count). The summed E-state index contributed by atoms with van der Waals surface area (Å²) in [7, 11) is 0. The van der Waals surface area contributed by atoms with Gasteiger partial charge in [0.2, 0.25) is 0 Å². The van der Waals surface area contributed by atoms with Crippen molar-refractivity contribution in [1.82, 2.24) is 5.32 Å². The Bertz CT molecular complexity index is 1140. The molecule has 1 aliphatic rings. The molecule has 0 bridgehead atoms. The molecule has 0 aliphatic carbocycles. The molecular weight excluding hydrogens is 753 g/mol. The highest BCUT2D eigenvalue weighted by Crippen LogP contribution is 2.63. The van der Waals surface area contributed by atoms with Crippen LogP contribution in [0.1, 0.15) is 0 Å². The topological polar surface area (TPSA) is 209 Å². The molecule has 1 saturated heterocycles. The molecule has 0 aromatic carbocycles. The maximum Gasteiger partial charge on any atom is 0.460 e. The summed E-state index contributed by atoms with van der Waals surface area (Å²) in [5.41, 5.74) is 0. The van der Waals surface area contributed by atoms with Crippen LogP contribution in [0.5, 0.6) is 0 Å². The highest BCUT2D eigenvalue weighted by molar-refractivity contribution is 5.81. The largest absolute Gasteiger partial charge is 0.460 e. The van der Waals surface area contributed by atoms with Crippen molar-refractivity contribution in [2.75, 3.05) is 13.2 Å². The summed E-state index contributed by atoms with van der Waals surface area (Å²) < 4.78 is 237. The monoisotopic (exact) mass is 775 g/mol. The maximum atomic E-state index is 14.1. The van der Waals surface area contributed by atoms with Crippen molar-refractivity contribution >= 4 is 5.91 Å². The zero-order valence-corrected chi connectivity index (χ0v) is 22.8. The minimum absolute atomic E-state index is 0.739. The van der Waals surface area contributed by atoms with Gasteiger partial charge in [0.25, 0.3) is 5.91 Å². The van der Waals surface area contributed by atoms with E-state index in [1.165, 1.54) is 0 Å². The van der Waals surface area contributed by atoms with Gasteiger partial charge in [0.1, 0.15) is 42.7 Å². The molecule has 1 aliphatic heterocycles. The SMILES string of the molecule is O=C(NC(F)(F)C(F)(F)C(F)(F)C(F)(F)C(F)(F)C(F)(F)C(F)(F)C(F)(F)F)[C@H](O)[C@@H](O)[C@@H](O[C@@H]1O[C@H](CO)[C@H](O)[C@H](O)[C@H]1O)[C@H](O)CO. The fourth-order valence-electron chi connectivity index (χ4n) is 3.64. The molecule has 0 aromatic rings. The summed E-state index contributed by atoms with van der Waals surface area (Å²) in [4.78, 5) is 11.9. The van der Waals surface area contributed by atoms with Crippen molar-refractivity contribution in [3.05, 3.63) is 0 Å². The van der Waals surface area contributed by atoms with Crippen LogP contribution in [0.3, 0.4) is 0 Å². The van der Waals surface area contributed by atoms with Crippen LogP contribution in [0.15, 0.2) is 0 Å². The van der Waals surface area contributed by atoms with E-state index in [4.69, 9.17) is 14.9 Å². The minimum atomic E-state index is -8.98. The van der Waals surface area contributed by atoms with Crippen LogP contribution in [-0.2, 0) is 14.3 Å². The molecule has 29 heteroatoms. The molecule has 0 unspecified atom stereocenters. The summed E-state index contributed by atoms with van der Waals surface area (Å²) >= 11 is 0. The van der Waals surface area contributed by atoms with Gasteiger partial charge in [-0.2, -0.15) is 74.6 Å². The Labute approximate surface area is 258 Å². The zero-order chi connectivity index (χ0) is 39.3. The van der Waals surface area contributed by atoms with Crippen molar-refractivity contribution < 1.29 is 130 Å². The van der Waals surface area contributed by atoms with Crippen LogP contribution < -0.4 is 5.32 Å². The number of carbonyl (C=O) groups is 1. The number of amides is 1. The van der Waals surface area contributed by atoms with E-state index >= 15 is 0 Å². The number of nitrogens with one attached hydrogen (secondary N) is 1. The number of alkyl halides is 17. The van der Waals surface area contributed by atoms with E-state index in [1.54, 1.807) is 0 Å². The normalized spacial score (nSPS) is 26.6. The first-order chi connectivity index (χ1) is 21.6. The Morgan fingerprint density at radius 3 is 1.45 bits per heavy atom. The molecule has 9 atom stereocenters. The van der Waals surface area contributed by atoms with Crippen LogP contribution >= 0.6 is 0 Å². The predicted molar refractivity (Wildman–Crippen MR) is 113 cm³/mol. The fraction of sp³-hybridized carbons (Fsp3) is 0.950. The van der Waals surface area contributed by atoms with Crippen LogP contribution in [0.4, 0.5) is 74.6 Å². The number of aliphatic hydroxyl groups is 8. The standard InChI is InChI=1S/C20H22F17NO11/c21-13(22,15(25,26)17(29,30)19(33,34)35)14(23,24)16(27,28)18(31,32)20(36,37)38-11(47)8(45)7(44)10(3(41)1-39)49-12-9(46)6(43)5(42)4(2-40)48-12/h3-10,12,39-46H,1-2H2,(H,38,47)/t3-,4-,5+,6+,7-,8-,9-,10+,12+/m1/s1. The quantitative estimate of drug-likeness (QED) is 0.0753. The van der Waals surface area contributed by atoms with E-state index in [2.05, 4.69) is 4.74 Å². The van der Waals surface area contributed by atoms with Gasteiger partial charge in [-0.3, -0.25) is 10.1 Å². The van der Waals surface area contributed by atoms with Gasteiger partial charge in [-0.25, -0.2) is 0 Å². The minimum Gasteiger partial charge on any atom is -0.394 e. The molecular formula is C20H22F17NO11. The number of carbonyl (C=O) groups excluding carboxylic acids is 1. The second kappa shape index (κ2) is 14.1. The Morgan fingerprint density at radius 2 is 1.06 bits per heavy atom. The highest BCUT2D eigenvalue weighted by atomic mass is 19.4. The molecule has 1 amide bonds. The van der Waals surface area contributed by atoms with E-state index in [0.29, 0.717) is 0 Å². The van der Waals surface area contributed by atoms with Gasteiger partial charge in [0, 0.05) is 0 Å². The number of halogens is 17. The molecule has 49 heavy (non-hydrogen) atoms. The smallest absolute Gasteiger partial charge is 0.394 e. The molecule has 292 valence electrons. The number of hydrogen-bond donors (Lipinski definition) is 9. The average molecular weight is 775 g/mol. The molecule has 0 spiro atoms. The third-order valence-electron chi connectivity index (χ3n) is 6.64. The first kappa shape index (κ1) is 44.9. The van der Waals surface area contributed by atoms with Gasteiger partial charge in [0.15, 0.2) is 12.4 Å². The van der Waals surface area contributed by atoms with E-state index in [9.17, 15) is 110 Å². The summed E-state index contributed by atoms with van der Waals surface area (Å²) in [6, 6.07) is -7.54. The maximum absolute atomic E-state index is 14.1. The van der Waals surface area contributed by atoms with Crippen molar-refractivity contribution in [2.45, 2.75) is 103 Å². The first-order valence-electron chi connectivity index (χ1n) is 12.2. The summed E-state index contributed by atoms with van der Waals surface area (Å²) in [6.45, 7) is -2.87. The summed E-state index contributed by atoms with van der Waals surface area (Å²) in [5, 5.41) is 76.5. The molecule has 0 saturated carbocycles. The van der Waals surface area contributed by atoms with E-state index in [0.717, 1.165) is 0 Å². The van der Waals surface area contributed by atoms with Gasteiger partial charge in [-0.05, 0) is 0 Å². The predicted octanol–water partition coefficient (Wildman–Crippen LogP) is -0.670. The van der Waals surface area contributed by atoms with Crippen LogP contribution in [-0.4, -0.2) is 163 Å². The number of rotatable bonds is 15. The lowest BCUT2D eigenvalue weighted by molar-refractivity contribution is -0.462. The Balaban J connectivity index is 3.44. The van der Waals surface area contributed by atoms with Crippen molar-refractivity contribution in [1.29, 1.82) is 0 Å². The third-order valence-corrected chi connectivity index (χ3v) is 6.64.